The summed E-state index contributed by atoms with van der Waals surface area (Å²) in [6, 6.07) is 8.31. The molecular formula is C15H23NO2. The number of nitrogens with zero attached hydrogens (tertiary/aromatic N) is 1. The summed E-state index contributed by atoms with van der Waals surface area (Å²) in [7, 11) is 0. The van der Waals surface area contributed by atoms with Gasteiger partial charge in [-0.1, -0.05) is 12.1 Å². The van der Waals surface area contributed by atoms with E-state index in [1.165, 1.54) is 0 Å². The first kappa shape index (κ1) is 14.7. The molecule has 0 aliphatic rings. The fourth-order valence-corrected chi connectivity index (χ4v) is 2.08. The molecule has 1 aromatic rings. The van der Waals surface area contributed by atoms with Crippen LogP contribution in [-0.2, 0) is 0 Å². The molecule has 1 aromatic carbocycles. The van der Waals surface area contributed by atoms with E-state index in [2.05, 4.69) is 32.6 Å². The molecule has 1 rings (SSSR count). The van der Waals surface area contributed by atoms with E-state index in [1.807, 2.05) is 18.2 Å². The van der Waals surface area contributed by atoms with Crippen LogP contribution in [0.4, 0.5) is 0 Å². The summed E-state index contributed by atoms with van der Waals surface area (Å²) < 4.78 is 5.69. The van der Waals surface area contributed by atoms with Gasteiger partial charge in [-0.05, 0) is 39.8 Å². The lowest BCUT2D eigenvalue weighted by molar-refractivity contribution is 0.111. The zero-order chi connectivity index (χ0) is 13.5. The normalized spacial score (nSPS) is 11.3. The highest BCUT2D eigenvalue weighted by Gasteiger charge is 2.13. The van der Waals surface area contributed by atoms with Gasteiger partial charge >= 0.3 is 0 Å². The third-order valence-corrected chi connectivity index (χ3v) is 2.98. The SMILES string of the molecule is CC(C)N(CCOc1ccccc1C=O)C(C)C. The first-order valence-electron chi connectivity index (χ1n) is 6.49. The monoisotopic (exact) mass is 249 g/mol. The van der Waals surface area contributed by atoms with Gasteiger partial charge in [0, 0.05) is 18.6 Å². The van der Waals surface area contributed by atoms with Crippen LogP contribution in [0.1, 0.15) is 38.1 Å². The number of carbonyl (C=O) groups is 1. The molecule has 0 aromatic heterocycles. The molecule has 0 unspecified atom stereocenters. The van der Waals surface area contributed by atoms with E-state index < -0.39 is 0 Å². The molecule has 0 aliphatic heterocycles. The highest BCUT2D eigenvalue weighted by atomic mass is 16.5. The first-order chi connectivity index (χ1) is 8.56. The smallest absolute Gasteiger partial charge is 0.153 e. The summed E-state index contributed by atoms with van der Waals surface area (Å²) in [5.74, 6) is 0.667. The lowest BCUT2D eigenvalue weighted by atomic mass is 10.2. The minimum absolute atomic E-state index is 0.495. The molecule has 0 radical (unpaired) electrons. The van der Waals surface area contributed by atoms with Gasteiger partial charge in [-0.25, -0.2) is 0 Å². The number of carbonyl (C=O) groups excluding carboxylic acids is 1. The third-order valence-electron chi connectivity index (χ3n) is 2.98. The molecule has 0 amide bonds. The number of rotatable bonds is 7. The first-order valence-corrected chi connectivity index (χ1v) is 6.49. The van der Waals surface area contributed by atoms with Crippen LogP contribution in [0, 0.1) is 0 Å². The van der Waals surface area contributed by atoms with Crippen LogP contribution in [-0.4, -0.2) is 36.4 Å². The second-order valence-electron chi connectivity index (χ2n) is 4.93. The summed E-state index contributed by atoms with van der Waals surface area (Å²) in [6.07, 6.45) is 0.831. The average molecular weight is 249 g/mol. The van der Waals surface area contributed by atoms with Crippen molar-refractivity contribution in [2.75, 3.05) is 13.2 Å². The van der Waals surface area contributed by atoms with Gasteiger partial charge in [-0.15, -0.1) is 0 Å². The Hall–Kier alpha value is -1.35. The van der Waals surface area contributed by atoms with Crippen molar-refractivity contribution in [1.82, 2.24) is 4.90 Å². The number of hydrogen-bond donors (Lipinski definition) is 0. The van der Waals surface area contributed by atoms with Crippen molar-refractivity contribution in [3.8, 4) is 5.75 Å². The average Bonchev–Trinajstić information content (AvgIpc) is 2.34. The molecule has 0 aliphatic carbocycles. The van der Waals surface area contributed by atoms with Crippen LogP contribution in [0.25, 0.3) is 0 Å². The van der Waals surface area contributed by atoms with Gasteiger partial charge in [0.2, 0.25) is 0 Å². The lowest BCUT2D eigenvalue weighted by Gasteiger charge is -2.30. The summed E-state index contributed by atoms with van der Waals surface area (Å²) in [5, 5.41) is 0. The summed E-state index contributed by atoms with van der Waals surface area (Å²) in [5.41, 5.74) is 0.609. The zero-order valence-corrected chi connectivity index (χ0v) is 11.7. The van der Waals surface area contributed by atoms with Gasteiger partial charge in [-0.3, -0.25) is 9.69 Å². The van der Waals surface area contributed by atoms with Crippen LogP contribution in [0.3, 0.4) is 0 Å². The fraction of sp³-hybridized carbons (Fsp3) is 0.533. The van der Waals surface area contributed by atoms with Gasteiger partial charge in [0.25, 0.3) is 0 Å². The quantitative estimate of drug-likeness (QED) is 0.696. The van der Waals surface area contributed by atoms with Crippen molar-refractivity contribution in [3.05, 3.63) is 29.8 Å². The van der Waals surface area contributed by atoms with E-state index in [4.69, 9.17) is 4.74 Å². The molecule has 3 heteroatoms. The van der Waals surface area contributed by atoms with Crippen molar-refractivity contribution >= 4 is 6.29 Å². The molecule has 0 fully saturated rings. The van der Waals surface area contributed by atoms with Gasteiger partial charge in [-0.2, -0.15) is 0 Å². The van der Waals surface area contributed by atoms with Crippen molar-refractivity contribution in [2.24, 2.45) is 0 Å². The number of hydrogen-bond acceptors (Lipinski definition) is 3. The van der Waals surface area contributed by atoms with Crippen LogP contribution in [0.15, 0.2) is 24.3 Å². The molecular weight excluding hydrogens is 226 g/mol. The van der Waals surface area contributed by atoms with E-state index >= 15 is 0 Å². The summed E-state index contributed by atoms with van der Waals surface area (Å²) in [4.78, 5) is 13.2. The van der Waals surface area contributed by atoms with E-state index in [0.717, 1.165) is 12.8 Å². The molecule has 0 spiro atoms. The number of para-hydroxylation sites is 1. The van der Waals surface area contributed by atoms with E-state index in [9.17, 15) is 4.79 Å². The molecule has 0 N–H and O–H groups in total. The number of aldehydes is 1. The second kappa shape index (κ2) is 7.17. The van der Waals surface area contributed by atoms with Crippen LogP contribution >= 0.6 is 0 Å². The highest BCUT2D eigenvalue weighted by Crippen LogP contribution is 2.15. The largest absolute Gasteiger partial charge is 0.492 e. The van der Waals surface area contributed by atoms with Crippen LogP contribution in [0.2, 0.25) is 0 Å². The molecule has 0 atom stereocenters. The predicted molar refractivity (Wildman–Crippen MR) is 74.3 cm³/mol. The van der Waals surface area contributed by atoms with Gasteiger partial charge in [0.15, 0.2) is 6.29 Å². The lowest BCUT2D eigenvalue weighted by Crippen LogP contribution is -2.39. The Kier molecular flexibility index (Phi) is 5.86. The Morgan fingerprint density at radius 3 is 2.33 bits per heavy atom. The second-order valence-corrected chi connectivity index (χ2v) is 4.93. The highest BCUT2D eigenvalue weighted by molar-refractivity contribution is 5.79. The minimum atomic E-state index is 0.495. The Labute approximate surface area is 110 Å². The maximum absolute atomic E-state index is 10.9. The predicted octanol–water partition coefficient (Wildman–Crippen LogP) is 3.00. The number of ether oxygens (including phenoxy) is 1. The Morgan fingerprint density at radius 2 is 1.78 bits per heavy atom. The number of benzene rings is 1. The van der Waals surface area contributed by atoms with Gasteiger partial charge in [0.1, 0.15) is 12.4 Å². The third kappa shape index (κ3) is 4.15. The van der Waals surface area contributed by atoms with E-state index in [0.29, 0.717) is 30.0 Å². The molecule has 100 valence electrons. The van der Waals surface area contributed by atoms with Gasteiger partial charge < -0.3 is 4.74 Å². The minimum Gasteiger partial charge on any atom is -0.492 e. The fourth-order valence-electron chi connectivity index (χ4n) is 2.08. The Balaban J connectivity index is 2.52. The van der Waals surface area contributed by atoms with E-state index in [1.54, 1.807) is 6.07 Å². The van der Waals surface area contributed by atoms with Crippen molar-refractivity contribution < 1.29 is 9.53 Å². The topological polar surface area (TPSA) is 29.5 Å². The zero-order valence-electron chi connectivity index (χ0n) is 11.7. The van der Waals surface area contributed by atoms with Crippen LogP contribution < -0.4 is 4.74 Å². The maximum atomic E-state index is 10.9. The van der Waals surface area contributed by atoms with E-state index in [-0.39, 0.29) is 0 Å². The van der Waals surface area contributed by atoms with Crippen molar-refractivity contribution in [1.29, 1.82) is 0 Å². The van der Waals surface area contributed by atoms with Crippen LogP contribution in [0.5, 0.6) is 5.75 Å². The standard InChI is InChI=1S/C15H23NO2/c1-12(2)16(13(3)4)9-10-18-15-8-6-5-7-14(15)11-17/h5-8,11-13H,9-10H2,1-4H3. The summed E-state index contributed by atoms with van der Waals surface area (Å²) in [6.45, 7) is 10.2. The molecule has 0 saturated carbocycles. The summed E-state index contributed by atoms with van der Waals surface area (Å²) >= 11 is 0. The molecule has 0 bridgehead atoms. The maximum Gasteiger partial charge on any atom is 0.153 e. The molecule has 0 saturated heterocycles. The molecule has 3 nitrogen and oxygen atoms in total. The Morgan fingerprint density at radius 1 is 1.17 bits per heavy atom. The van der Waals surface area contributed by atoms with Gasteiger partial charge in [0.05, 0.1) is 5.56 Å². The molecule has 18 heavy (non-hydrogen) atoms. The molecule has 0 heterocycles. The van der Waals surface area contributed by atoms with Crippen molar-refractivity contribution in [2.45, 2.75) is 39.8 Å². The Bertz CT molecular complexity index is 367. The van der Waals surface area contributed by atoms with Crippen molar-refractivity contribution in [3.63, 3.8) is 0 Å².